The lowest BCUT2D eigenvalue weighted by molar-refractivity contribution is -0.129. The summed E-state index contributed by atoms with van der Waals surface area (Å²) in [4.78, 5) is 26.7. The molecule has 1 heterocycles. The second-order valence-electron chi connectivity index (χ2n) is 5.50. The van der Waals surface area contributed by atoms with Crippen LogP contribution in [0.5, 0.6) is 5.75 Å². The van der Waals surface area contributed by atoms with Gasteiger partial charge in [-0.15, -0.1) is 0 Å². The Hall–Kier alpha value is -2.34. The van der Waals surface area contributed by atoms with Crippen molar-refractivity contribution in [3.05, 3.63) is 53.0 Å². The van der Waals surface area contributed by atoms with E-state index in [1.807, 2.05) is 24.3 Å². The number of carbonyl (C=O) groups excluding carboxylic acids is 2. The Labute approximate surface area is 148 Å². The minimum atomic E-state index is -0.667. The van der Waals surface area contributed by atoms with Crippen LogP contribution in [0.1, 0.15) is 6.42 Å². The van der Waals surface area contributed by atoms with E-state index in [0.29, 0.717) is 24.4 Å². The first-order chi connectivity index (χ1) is 11.6. The number of anilines is 2. The van der Waals surface area contributed by atoms with Crippen LogP contribution in [0.15, 0.2) is 53.0 Å². The van der Waals surface area contributed by atoms with Crippen molar-refractivity contribution in [3.63, 3.8) is 0 Å². The second kappa shape index (κ2) is 7.05. The Balaban J connectivity index is 1.70. The van der Waals surface area contributed by atoms with E-state index in [9.17, 15) is 9.59 Å². The number of nitrogens with zero attached hydrogens (tertiary/aromatic N) is 1. The van der Waals surface area contributed by atoms with Gasteiger partial charge >= 0.3 is 0 Å². The van der Waals surface area contributed by atoms with Crippen molar-refractivity contribution in [2.24, 2.45) is 5.92 Å². The fourth-order valence-electron chi connectivity index (χ4n) is 2.74. The maximum atomic E-state index is 12.6. The summed E-state index contributed by atoms with van der Waals surface area (Å²) in [6.45, 7) is 0.530. The molecule has 2 aromatic carbocycles. The molecular weight excluding hydrogens is 372 g/mol. The molecule has 2 amide bonds. The fourth-order valence-corrected chi connectivity index (χ4v) is 3.24. The number of hydrogen-bond donors (Lipinski definition) is 1. The first kappa shape index (κ1) is 16.5. The Kier molecular flexibility index (Phi) is 4.85. The topological polar surface area (TPSA) is 58.6 Å². The number of methoxy groups -OCH3 is 1. The Morgan fingerprint density at radius 3 is 2.58 bits per heavy atom. The number of para-hydroxylation sites is 1. The van der Waals surface area contributed by atoms with Crippen LogP contribution in [0.25, 0.3) is 0 Å². The maximum Gasteiger partial charge on any atom is 0.239 e. The van der Waals surface area contributed by atoms with E-state index in [-0.39, 0.29) is 11.8 Å². The van der Waals surface area contributed by atoms with Crippen LogP contribution in [0, 0.1) is 5.92 Å². The van der Waals surface area contributed by atoms with Crippen molar-refractivity contribution in [1.29, 1.82) is 0 Å². The van der Waals surface area contributed by atoms with Crippen LogP contribution in [-0.4, -0.2) is 25.5 Å². The number of benzene rings is 2. The molecule has 1 fully saturated rings. The van der Waals surface area contributed by atoms with Gasteiger partial charge in [0, 0.05) is 16.7 Å². The van der Waals surface area contributed by atoms with Crippen LogP contribution in [-0.2, 0) is 9.59 Å². The van der Waals surface area contributed by atoms with Crippen LogP contribution < -0.4 is 15.0 Å². The molecule has 0 radical (unpaired) electrons. The number of ether oxygens (including phenoxy) is 1. The monoisotopic (exact) mass is 388 g/mol. The molecule has 1 N–H and O–H groups in total. The highest BCUT2D eigenvalue weighted by atomic mass is 79.9. The molecule has 0 spiro atoms. The summed E-state index contributed by atoms with van der Waals surface area (Å²) < 4.78 is 5.93. The van der Waals surface area contributed by atoms with Gasteiger partial charge in [-0.05, 0) is 58.7 Å². The molecule has 2 aromatic rings. The van der Waals surface area contributed by atoms with Crippen LogP contribution in [0.4, 0.5) is 11.4 Å². The molecule has 1 saturated heterocycles. The molecule has 0 aromatic heterocycles. The predicted molar refractivity (Wildman–Crippen MR) is 96.2 cm³/mol. The molecule has 0 aliphatic carbocycles. The normalized spacial score (nSPS) is 17.0. The van der Waals surface area contributed by atoms with E-state index in [2.05, 4.69) is 21.2 Å². The Morgan fingerprint density at radius 2 is 1.92 bits per heavy atom. The van der Waals surface area contributed by atoms with Crippen molar-refractivity contribution in [2.75, 3.05) is 23.9 Å². The van der Waals surface area contributed by atoms with E-state index in [1.54, 1.807) is 36.3 Å². The molecule has 3 rings (SSSR count). The minimum Gasteiger partial charge on any atom is -0.497 e. The summed E-state index contributed by atoms with van der Waals surface area (Å²) in [6.07, 6.45) is 0.502. The zero-order chi connectivity index (χ0) is 17.1. The Bertz CT molecular complexity index is 761. The number of rotatable bonds is 4. The lowest BCUT2D eigenvalue weighted by Crippen LogP contribution is -2.33. The third-order valence-electron chi connectivity index (χ3n) is 4.02. The first-order valence-corrected chi connectivity index (χ1v) is 8.40. The van der Waals surface area contributed by atoms with Gasteiger partial charge in [-0.3, -0.25) is 9.59 Å². The van der Waals surface area contributed by atoms with Gasteiger partial charge in [-0.1, -0.05) is 12.1 Å². The van der Waals surface area contributed by atoms with Gasteiger partial charge in [0.15, 0.2) is 0 Å². The summed E-state index contributed by atoms with van der Waals surface area (Å²) in [7, 11) is 1.58. The summed E-state index contributed by atoms with van der Waals surface area (Å²) >= 11 is 3.45. The highest BCUT2D eigenvalue weighted by Crippen LogP contribution is 2.31. The van der Waals surface area contributed by atoms with Crippen molar-refractivity contribution >= 4 is 39.1 Å². The third kappa shape index (κ3) is 3.28. The van der Waals surface area contributed by atoms with Gasteiger partial charge in [-0.2, -0.15) is 0 Å². The number of halogens is 1. The molecule has 124 valence electrons. The number of amides is 2. The Morgan fingerprint density at radius 1 is 1.21 bits per heavy atom. The SMILES string of the molecule is COc1ccc(NC(=O)C2CCN(c3ccccc3Br)C2=O)cc1. The van der Waals surface area contributed by atoms with Gasteiger partial charge in [0.1, 0.15) is 11.7 Å². The minimum absolute atomic E-state index is 0.173. The summed E-state index contributed by atoms with van der Waals surface area (Å²) in [5.41, 5.74) is 1.44. The molecule has 0 bridgehead atoms. The first-order valence-electron chi connectivity index (χ1n) is 7.61. The summed E-state index contributed by atoms with van der Waals surface area (Å²) in [6, 6.07) is 14.5. The maximum absolute atomic E-state index is 12.6. The molecule has 1 aliphatic heterocycles. The van der Waals surface area contributed by atoms with E-state index in [0.717, 1.165) is 10.2 Å². The summed E-state index contributed by atoms with van der Waals surface area (Å²) in [5.74, 6) is -0.406. The van der Waals surface area contributed by atoms with E-state index in [4.69, 9.17) is 4.74 Å². The number of hydrogen-bond acceptors (Lipinski definition) is 3. The lowest BCUT2D eigenvalue weighted by Gasteiger charge is -2.18. The highest BCUT2D eigenvalue weighted by Gasteiger charge is 2.38. The van der Waals surface area contributed by atoms with Gasteiger partial charge in [0.2, 0.25) is 11.8 Å². The van der Waals surface area contributed by atoms with Gasteiger partial charge in [0.05, 0.1) is 12.8 Å². The van der Waals surface area contributed by atoms with Crippen LogP contribution >= 0.6 is 15.9 Å². The van der Waals surface area contributed by atoms with Crippen molar-refractivity contribution < 1.29 is 14.3 Å². The van der Waals surface area contributed by atoms with Gasteiger partial charge in [0.25, 0.3) is 0 Å². The molecule has 1 aliphatic rings. The molecule has 5 nitrogen and oxygen atoms in total. The zero-order valence-electron chi connectivity index (χ0n) is 13.2. The van der Waals surface area contributed by atoms with E-state index >= 15 is 0 Å². The largest absolute Gasteiger partial charge is 0.497 e. The van der Waals surface area contributed by atoms with Crippen LogP contribution in [0.3, 0.4) is 0 Å². The lowest BCUT2D eigenvalue weighted by atomic mass is 10.1. The summed E-state index contributed by atoms with van der Waals surface area (Å²) in [5, 5.41) is 2.80. The molecule has 24 heavy (non-hydrogen) atoms. The zero-order valence-corrected chi connectivity index (χ0v) is 14.7. The van der Waals surface area contributed by atoms with Gasteiger partial charge < -0.3 is 15.0 Å². The van der Waals surface area contributed by atoms with Crippen molar-refractivity contribution in [3.8, 4) is 5.75 Å². The van der Waals surface area contributed by atoms with E-state index < -0.39 is 5.92 Å². The average molecular weight is 389 g/mol. The van der Waals surface area contributed by atoms with Crippen LogP contribution in [0.2, 0.25) is 0 Å². The molecule has 0 saturated carbocycles. The smallest absolute Gasteiger partial charge is 0.239 e. The molecule has 1 unspecified atom stereocenters. The van der Waals surface area contributed by atoms with E-state index in [1.165, 1.54) is 0 Å². The molecular formula is C18H17BrN2O3. The second-order valence-corrected chi connectivity index (χ2v) is 6.35. The quantitative estimate of drug-likeness (QED) is 0.815. The van der Waals surface area contributed by atoms with Crippen molar-refractivity contribution in [2.45, 2.75) is 6.42 Å². The molecule has 1 atom stereocenters. The standard InChI is InChI=1S/C18H17BrN2O3/c1-24-13-8-6-12(7-9-13)20-17(22)14-10-11-21(18(14)23)16-5-3-2-4-15(16)19/h2-9,14H,10-11H2,1H3,(H,20,22). The third-order valence-corrected chi connectivity index (χ3v) is 4.69. The highest BCUT2D eigenvalue weighted by molar-refractivity contribution is 9.10. The molecule has 6 heteroatoms. The number of nitrogens with one attached hydrogen (secondary N) is 1. The van der Waals surface area contributed by atoms with Crippen molar-refractivity contribution in [1.82, 2.24) is 0 Å². The predicted octanol–water partition coefficient (Wildman–Crippen LogP) is 3.45. The van der Waals surface area contributed by atoms with Gasteiger partial charge in [-0.25, -0.2) is 0 Å². The fraction of sp³-hybridized carbons (Fsp3) is 0.222. The average Bonchev–Trinajstić information content (AvgIpc) is 2.97. The number of carbonyl (C=O) groups is 2.